The Kier molecular flexibility index (Phi) is 5.03. The molecule has 7 heteroatoms. The molecule has 0 bridgehead atoms. The van der Waals surface area contributed by atoms with E-state index in [0.29, 0.717) is 14.2 Å². The third-order valence-corrected chi connectivity index (χ3v) is 4.81. The van der Waals surface area contributed by atoms with Crippen LogP contribution in [0, 0.1) is 0 Å². The van der Waals surface area contributed by atoms with Gasteiger partial charge in [0.1, 0.15) is 4.32 Å². The molecule has 1 fully saturated rings. The quantitative estimate of drug-likeness (QED) is 0.620. The fourth-order valence-electron chi connectivity index (χ4n) is 1.86. The molecule has 1 aromatic rings. The van der Waals surface area contributed by atoms with Crippen molar-refractivity contribution in [2.45, 2.75) is 13.3 Å². The predicted molar refractivity (Wildman–Crippen MR) is 85.6 cm³/mol. The van der Waals surface area contributed by atoms with Crippen LogP contribution in [0.2, 0.25) is 5.02 Å². The molecule has 0 radical (unpaired) electrons. The Morgan fingerprint density at radius 3 is 2.57 bits per heavy atom. The van der Waals surface area contributed by atoms with Crippen LogP contribution < -0.4 is 5.11 Å². The van der Waals surface area contributed by atoms with Crippen LogP contribution in [-0.4, -0.2) is 27.6 Å². The number of hydrogen-bond donors (Lipinski definition) is 0. The number of carboxylic acids is 1. The van der Waals surface area contributed by atoms with Crippen molar-refractivity contribution in [1.29, 1.82) is 0 Å². The van der Waals surface area contributed by atoms with E-state index in [9.17, 15) is 14.7 Å². The monoisotopic (exact) mass is 340 g/mol. The second-order valence-corrected chi connectivity index (χ2v) is 6.49. The summed E-state index contributed by atoms with van der Waals surface area (Å²) in [4.78, 5) is 24.7. The van der Waals surface area contributed by atoms with E-state index < -0.39 is 5.97 Å². The fourth-order valence-corrected chi connectivity index (χ4v) is 3.33. The number of thioether (sulfide) groups is 1. The largest absolute Gasteiger partial charge is 0.550 e. The standard InChI is InChI=1S/C14H12ClNO3S2/c1-8(9-2-4-10(15)5-3-9)12-13(19)16(14(20)21-12)7-6-11(17)18/h2-5H,6-7H2,1H3,(H,17,18)/p-1/b12-8+. The molecular weight excluding hydrogens is 330 g/mol. The molecule has 1 aliphatic heterocycles. The molecule has 1 amide bonds. The Labute approximate surface area is 136 Å². The molecule has 1 aliphatic rings. The van der Waals surface area contributed by atoms with Crippen molar-refractivity contribution in [3.63, 3.8) is 0 Å². The second-order valence-electron chi connectivity index (χ2n) is 4.41. The molecule has 0 aromatic heterocycles. The highest BCUT2D eigenvalue weighted by atomic mass is 35.5. The lowest BCUT2D eigenvalue weighted by Crippen LogP contribution is -2.33. The van der Waals surface area contributed by atoms with Gasteiger partial charge in [-0.3, -0.25) is 9.69 Å². The minimum absolute atomic E-state index is 0.0321. The zero-order valence-electron chi connectivity index (χ0n) is 11.1. The number of carboxylic acid groups (broad SMARTS) is 1. The maximum atomic E-state index is 12.3. The molecule has 0 N–H and O–H groups in total. The molecule has 1 heterocycles. The number of amides is 1. The van der Waals surface area contributed by atoms with E-state index in [1.54, 1.807) is 12.1 Å². The fraction of sp³-hybridized carbons (Fsp3) is 0.214. The number of carbonyl (C=O) groups excluding carboxylic acids is 2. The van der Waals surface area contributed by atoms with E-state index in [1.165, 1.54) is 16.7 Å². The van der Waals surface area contributed by atoms with E-state index >= 15 is 0 Å². The Morgan fingerprint density at radius 2 is 2.00 bits per heavy atom. The number of rotatable bonds is 4. The van der Waals surface area contributed by atoms with Crippen molar-refractivity contribution in [2.24, 2.45) is 0 Å². The van der Waals surface area contributed by atoms with Gasteiger partial charge in [0.05, 0.1) is 4.91 Å². The Balaban J connectivity index is 2.26. The average Bonchev–Trinajstić information content (AvgIpc) is 2.72. The van der Waals surface area contributed by atoms with Gasteiger partial charge in [-0.25, -0.2) is 0 Å². The first kappa shape index (κ1) is 16.0. The zero-order valence-corrected chi connectivity index (χ0v) is 13.5. The van der Waals surface area contributed by atoms with Crippen LogP contribution in [-0.2, 0) is 9.59 Å². The summed E-state index contributed by atoms with van der Waals surface area (Å²) in [5.41, 5.74) is 1.67. The number of carbonyl (C=O) groups is 2. The highest BCUT2D eigenvalue weighted by Crippen LogP contribution is 2.36. The highest BCUT2D eigenvalue weighted by molar-refractivity contribution is 8.26. The number of allylic oxidation sites excluding steroid dienone is 1. The number of hydrogen-bond acceptors (Lipinski definition) is 5. The molecule has 21 heavy (non-hydrogen) atoms. The van der Waals surface area contributed by atoms with Gasteiger partial charge in [-0.2, -0.15) is 0 Å². The normalized spacial score (nSPS) is 17.3. The van der Waals surface area contributed by atoms with Crippen LogP contribution >= 0.6 is 35.6 Å². The Hall–Kier alpha value is -1.37. The van der Waals surface area contributed by atoms with Crippen molar-refractivity contribution in [3.05, 3.63) is 39.8 Å². The molecular formula is C14H11ClNO3S2-. The Morgan fingerprint density at radius 1 is 1.38 bits per heavy atom. The van der Waals surface area contributed by atoms with E-state index in [1.807, 2.05) is 19.1 Å². The van der Waals surface area contributed by atoms with Gasteiger partial charge in [0.25, 0.3) is 5.91 Å². The molecule has 4 nitrogen and oxygen atoms in total. The topological polar surface area (TPSA) is 60.4 Å². The summed E-state index contributed by atoms with van der Waals surface area (Å²) < 4.78 is 0.365. The number of benzene rings is 1. The predicted octanol–water partition coefficient (Wildman–Crippen LogP) is 2.07. The van der Waals surface area contributed by atoms with Gasteiger partial charge in [0.2, 0.25) is 0 Å². The minimum Gasteiger partial charge on any atom is -0.550 e. The summed E-state index contributed by atoms with van der Waals surface area (Å²) in [5, 5.41) is 11.1. The maximum absolute atomic E-state index is 12.3. The molecule has 0 atom stereocenters. The van der Waals surface area contributed by atoms with E-state index in [-0.39, 0.29) is 18.9 Å². The van der Waals surface area contributed by atoms with Gasteiger partial charge < -0.3 is 9.90 Å². The van der Waals surface area contributed by atoms with Gasteiger partial charge in [-0.1, -0.05) is 47.7 Å². The summed E-state index contributed by atoms with van der Waals surface area (Å²) in [7, 11) is 0. The minimum atomic E-state index is -1.21. The summed E-state index contributed by atoms with van der Waals surface area (Å²) >= 11 is 12.2. The van der Waals surface area contributed by atoms with E-state index in [4.69, 9.17) is 23.8 Å². The van der Waals surface area contributed by atoms with Crippen LogP contribution in [0.1, 0.15) is 18.9 Å². The first-order valence-corrected chi connectivity index (χ1v) is 7.70. The van der Waals surface area contributed by atoms with Crippen molar-refractivity contribution >= 4 is 57.4 Å². The van der Waals surface area contributed by atoms with Crippen LogP contribution in [0.25, 0.3) is 5.57 Å². The number of halogens is 1. The molecule has 1 saturated heterocycles. The van der Waals surface area contributed by atoms with Crippen molar-refractivity contribution in [1.82, 2.24) is 4.90 Å². The van der Waals surface area contributed by atoms with Crippen molar-refractivity contribution < 1.29 is 14.7 Å². The van der Waals surface area contributed by atoms with Crippen LogP contribution in [0.3, 0.4) is 0 Å². The SMILES string of the molecule is C/C(=C1\SC(=S)N(CCC(=O)[O-])C1=O)c1ccc(Cl)cc1. The lowest BCUT2D eigenvalue weighted by molar-refractivity contribution is -0.305. The summed E-state index contributed by atoms with van der Waals surface area (Å²) in [6.07, 6.45) is -0.236. The first-order valence-electron chi connectivity index (χ1n) is 6.10. The molecule has 0 unspecified atom stereocenters. The van der Waals surface area contributed by atoms with Crippen LogP contribution in [0.4, 0.5) is 0 Å². The van der Waals surface area contributed by atoms with Crippen molar-refractivity contribution in [3.8, 4) is 0 Å². The summed E-state index contributed by atoms with van der Waals surface area (Å²) in [6.45, 7) is 1.86. The summed E-state index contributed by atoms with van der Waals surface area (Å²) in [5.74, 6) is -1.47. The van der Waals surface area contributed by atoms with Gasteiger partial charge in [-0.15, -0.1) is 0 Å². The highest BCUT2D eigenvalue weighted by Gasteiger charge is 2.33. The second kappa shape index (κ2) is 6.60. The van der Waals surface area contributed by atoms with Crippen LogP contribution in [0.5, 0.6) is 0 Å². The molecule has 0 saturated carbocycles. The van der Waals surface area contributed by atoms with E-state index in [0.717, 1.165) is 11.1 Å². The number of nitrogens with zero attached hydrogens (tertiary/aromatic N) is 1. The molecule has 1 aromatic carbocycles. The third-order valence-electron chi connectivity index (χ3n) is 3.01. The maximum Gasteiger partial charge on any atom is 0.266 e. The average molecular weight is 341 g/mol. The lowest BCUT2D eigenvalue weighted by atomic mass is 10.1. The van der Waals surface area contributed by atoms with Gasteiger partial charge in [-0.05, 0) is 30.2 Å². The Bertz CT molecular complexity index is 640. The molecule has 0 spiro atoms. The molecule has 2 rings (SSSR count). The van der Waals surface area contributed by atoms with E-state index in [2.05, 4.69) is 0 Å². The van der Waals surface area contributed by atoms with Crippen molar-refractivity contribution in [2.75, 3.05) is 6.54 Å². The van der Waals surface area contributed by atoms with Gasteiger partial charge in [0, 0.05) is 24.0 Å². The summed E-state index contributed by atoms with van der Waals surface area (Å²) in [6, 6.07) is 7.14. The third kappa shape index (κ3) is 3.64. The number of aliphatic carboxylic acids is 1. The van der Waals surface area contributed by atoms with Crippen LogP contribution in [0.15, 0.2) is 29.2 Å². The lowest BCUT2D eigenvalue weighted by Gasteiger charge is -2.14. The van der Waals surface area contributed by atoms with Gasteiger partial charge in [0.15, 0.2) is 0 Å². The zero-order chi connectivity index (χ0) is 15.6. The smallest absolute Gasteiger partial charge is 0.266 e. The number of thiocarbonyl (C=S) groups is 1. The first-order chi connectivity index (χ1) is 9.90. The molecule has 110 valence electrons. The molecule has 0 aliphatic carbocycles. The van der Waals surface area contributed by atoms with Gasteiger partial charge >= 0.3 is 0 Å².